The van der Waals surface area contributed by atoms with Gasteiger partial charge in [0.1, 0.15) is 0 Å². The van der Waals surface area contributed by atoms with Crippen molar-refractivity contribution in [2.45, 2.75) is 12.5 Å². The topological polar surface area (TPSA) is 72.2 Å². The highest BCUT2D eigenvalue weighted by Crippen LogP contribution is 2.24. The molecule has 0 aromatic carbocycles. The van der Waals surface area contributed by atoms with Crippen LogP contribution in [-0.4, -0.2) is 20.6 Å². The maximum atomic E-state index is 11.8. The van der Waals surface area contributed by atoms with Crippen molar-refractivity contribution in [3.8, 4) is 0 Å². The highest BCUT2D eigenvalue weighted by Gasteiger charge is 2.37. The molecular formula is C13H12N2O3. The van der Waals surface area contributed by atoms with Crippen LogP contribution >= 0.6 is 0 Å². The molecule has 1 N–H and O–H groups in total. The first-order chi connectivity index (χ1) is 8.56. The van der Waals surface area contributed by atoms with E-state index in [4.69, 9.17) is 0 Å². The highest BCUT2D eigenvalue weighted by atomic mass is 16.4. The largest absolute Gasteiger partial charge is 0.479 e. The third-order valence-electron chi connectivity index (χ3n) is 2.96. The fourth-order valence-electron chi connectivity index (χ4n) is 1.84. The number of carboxylic acids is 1. The van der Waals surface area contributed by atoms with Gasteiger partial charge < -0.3 is 5.11 Å². The lowest BCUT2D eigenvalue weighted by atomic mass is 9.92. The molecule has 0 saturated carbocycles. The molecule has 1 atom stereocenters. The van der Waals surface area contributed by atoms with Gasteiger partial charge in [-0.1, -0.05) is 6.07 Å². The van der Waals surface area contributed by atoms with E-state index in [1.165, 1.54) is 36.1 Å². The molecule has 0 saturated heterocycles. The van der Waals surface area contributed by atoms with Crippen LogP contribution in [0.5, 0.6) is 0 Å². The van der Waals surface area contributed by atoms with Crippen molar-refractivity contribution >= 4 is 5.97 Å². The van der Waals surface area contributed by atoms with E-state index in [0.29, 0.717) is 5.56 Å². The zero-order chi connectivity index (χ0) is 13.2. The summed E-state index contributed by atoms with van der Waals surface area (Å²) in [7, 11) is 0. The summed E-state index contributed by atoms with van der Waals surface area (Å²) in [5, 5.41) is 9.48. The Hall–Kier alpha value is -2.43. The maximum absolute atomic E-state index is 11.8. The number of carbonyl (C=O) groups is 1. The molecule has 2 rings (SSSR count). The number of hydrogen-bond donors (Lipinski definition) is 1. The molecule has 92 valence electrons. The van der Waals surface area contributed by atoms with Crippen LogP contribution < -0.4 is 5.56 Å². The van der Waals surface area contributed by atoms with Crippen molar-refractivity contribution < 1.29 is 9.90 Å². The molecule has 0 aliphatic carbocycles. The molecule has 0 bridgehead atoms. The summed E-state index contributed by atoms with van der Waals surface area (Å²) in [6.45, 7) is 1.49. The molecule has 18 heavy (non-hydrogen) atoms. The van der Waals surface area contributed by atoms with Crippen molar-refractivity contribution in [1.29, 1.82) is 0 Å². The Balaban J connectivity index is 2.71. The Labute approximate surface area is 103 Å². The second-order valence-electron chi connectivity index (χ2n) is 4.02. The zero-order valence-corrected chi connectivity index (χ0v) is 9.78. The van der Waals surface area contributed by atoms with Crippen LogP contribution in [0.3, 0.4) is 0 Å². The molecule has 0 fully saturated rings. The number of aliphatic carboxylic acids is 1. The van der Waals surface area contributed by atoms with Gasteiger partial charge in [0.2, 0.25) is 0 Å². The van der Waals surface area contributed by atoms with Crippen molar-refractivity contribution in [2.75, 3.05) is 0 Å². The van der Waals surface area contributed by atoms with Crippen LogP contribution in [0.25, 0.3) is 0 Å². The van der Waals surface area contributed by atoms with Gasteiger partial charge >= 0.3 is 5.97 Å². The van der Waals surface area contributed by atoms with E-state index in [-0.39, 0.29) is 5.56 Å². The molecule has 0 aliphatic heterocycles. The molecule has 0 spiro atoms. The predicted octanol–water partition coefficient (Wildman–Crippen LogP) is 1.09. The summed E-state index contributed by atoms with van der Waals surface area (Å²) in [4.78, 5) is 27.3. The molecule has 2 aromatic rings. The van der Waals surface area contributed by atoms with E-state index >= 15 is 0 Å². The van der Waals surface area contributed by atoms with Gasteiger partial charge in [-0.05, 0) is 30.7 Å². The van der Waals surface area contributed by atoms with E-state index in [0.717, 1.165) is 0 Å². The number of carboxylic acid groups (broad SMARTS) is 1. The molecule has 5 heteroatoms. The van der Waals surface area contributed by atoms with E-state index < -0.39 is 11.5 Å². The minimum absolute atomic E-state index is 0.362. The van der Waals surface area contributed by atoms with Gasteiger partial charge in [-0.2, -0.15) is 0 Å². The lowest BCUT2D eigenvalue weighted by molar-refractivity contribution is -0.144. The monoisotopic (exact) mass is 244 g/mol. The van der Waals surface area contributed by atoms with E-state index in [9.17, 15) is 14.7 Å². The van der Waals surface area contributed by atoms with Gasteiger partial charge in [0.05, 0.1) is 0 Å². The lowest BCUT2D eigenvalue weighted by Gasteiger charge is -2.27. The van der Waals surface area contributed by atoms with E-state index in [2.05, 4.69) is 4.98 Å². The van der Waals surface area contributed by atoms with Crippen molar-refractivity contribution in [3.63, 3.8) is 0 Å². The average Bonchev–Trinajstić information content (AvgIpc) is 2.39. The van der Waals surface area contributed by atoms with Crippen molar-refractivity contribution in [2.24, 2.45) is 0 Å². The smallest absolute Gasteiger partial charge is 0.334 e. The van der Waals surface area contributed by atoms with Crippen LogP contribution in [0.1, 0.15) is 12.5 Å². The van der Waals surface area contributed by atoms with E-state index in [1.54, 1.807) is 24.3 Å². The first-order valence-electron chi connectivity index (χ1n) is 5.39. The standard InChI is InChI=1S/C13H12N2O3/c1-13(12(17)18,10-5-7-14-8-6-10)15-9-3-2-4-11(15)16/h2-9H,1H3,(H,17,18). The highest BCUT2D eigenvalue weighted by molar-refractivity contribution is 5.80. The average molecular weight is 244 g/mol. The molecule has 2 aromatic heterocycles. The Morgan fingerprint density at radius 3 is 2.50 bits per heavy atom. The van der Waals surface area contributed by atoms with E-state index in [1.807, 2.05) is 0 Å². The van der Waals surface area contributed by atoms with Crippen LogP contribution in [0.4, 0.5) is 0 Å². The lowest BCUT2D eigenvalue weighted by Crippen LogP contribution is -2.45. The van der Waals surface area contributed by atoms with Crippen LogP contribution in [0.2, 0.25) is 0 Å². The quantitative estimate of drug-likeness (QED) is 0.877. The van der Waals surface area contributed by atoms with Gasteiger partial charge in [0.15, 0.2) is 5.54 Å². The molecule has 0 radical (unpaired) electrons. The van der Waals surface area contributed by atoms with Crippen LogP contribution in [0, 0.1) is 0 Å². The van der Waals surface area contributed by atoms with Gasteiger partial charge in [-0.25, -0.2) is 4.79 Å². The Morgan fingerprint density at radius 1 is 1.28 bits per heavy atom. The van der Waals surface area contributed by atoms with Crippen molar-refractivity contribution in [3.05, 3.63) is 64.8 Å². The summed E-state index contributed by atoms with van der Waals surface area (Å²) in [6, 6.07) is 7.72. The summed E-state index contributed by atoms with van der Waals surface area (Å²) >= 11 is 0. The number of rotatable bonds is 3. The van der Waals surface area contributed by atoms with Gasteiger partial charge in [-0.15, -0.1) is 0 Å². The minimum atomic E-state index is -1.44. The molecule has 0 amide bonds. The van der Waals surface area contributed by atoms with Gasteiger partial charge in [0.25, 0.3) is 5.56 Å². The fraction of sp³-hybridized carbons (Fsp3) is 0.154. The SMILES string of the molecule is CC(C(=O)O)(c1ccncc1)n1ccccc1=O. The third-order valence-corrected chi connectivity index (χ3v) is 2.96. The van der Waals surface area contributed by atoms with Crippen LogP contribution in [-0.2, 0) is 10.3 Å². The third kappa shape index (κ3) is 1.79. The second kappa shape index (κ2) is 4.44. The van der Waals surface area contributed by atoms with Gasteiger partial charge in [-0.3, -0.25) is 14.3 Å². The molecular weight excluding hydrogens is 232 g/mol. The summed E-state index contributed by atoms with van der Waals surface area (Å²) in [5.41, 5.74) is -1.31. The Kier molecular flexibility index (Phi) is 2.97. The minimum Gasteiger partial charge on any atom is -0.479 e. The maximum Gasteiger partial charge on any atom is 0.334 e. The number of nitrogens with zero attached hydrogens (tertiary/aromatic N) is 2. The molecule has 0 aliphatic rings. The predicted molar refractivity (Wildman–Crippen MR) is 65.3 cm³/mol. The number of aromatic nitrogens is 2. The molecule has 5 nitrogen and oxygen atoms in total. The Morgan fingerprint density at radius 2 is 1.94 bits per heavy atom. The number of pyridine rings is 2. The number of hydrogen-bond acceptors (Lipinski definition) is 3. The fourth-order valence-corrected chi connectivity index (χ4v) is 1.84. The van der Waals surface area contributed by atoms with Gasteiger partial charge in [0, 0.05) is 24.7 Å². The summed E-state index contributed by atoms with van der Waals surface area (Å²) in [6.07, 6.45) is 4.48. The summed E-state index contributed by atoms with van der Waals surface area (Å²) < 4.78 is 1.20. The normalized spacial score (nSPS) is 13.8. The zero-order valence-electron chi connectivity index (χ0n) is 9.78. The van der Waals surface area contributed by atoms with Crippen LogP contribution in [0.15, 0.2) is 53.7 Å². The van der Waals surface area contributed by atoms with Crippen molar-refractivity contribution in [1.82, 2.24) is 9.55 Å². The Bertz CT molecular complexity index is 621. The summed E-state index contributed by atoms with van der Waals surface area (Å²) in [5.74, 6) is -1.10. The molecule has 1 unspecified atom stereocenters. The second-order valence-corrected chi connectivity index (χ2v) is 4.02. The first kappa shape index (κ1) is 12.0. The first-order valence-corrected chi connectivity index (χ1v) is 5.39. The molecule has 2 heterocycles.